The first-order chi connectivity index (χ1) is 12.4. The Morgan fingerprint density at radius 2 is 1.59 bits per heavy atom. The molecule has 0 aromatic heterocycles. The van der Waals surface area contributed by atoms with E-state index in [-0.39, 0.29) is 18.4 Å². The molecular weight excluding hydrogens is 379 g/mol. The first kappa shape index (κ1) is 21.4. The molecule has 1 aliphatic rings. The van der Waals surface area contributed by atoms with E-state index < -0.39 is 11.7 Å². The molecule has 0 fully saturated rings. The summed E-state index contributed by atoms with van der Waals surface area (Å²) >= 11 is 0. The van der Waals surface area contributed by atoms with Crippen LogP contribution in [0.3, 0.4) is 0 Å². The second-order valence-electron chi connectivity index (χ2n) is 6.12. The van der Waals surface area contributed by atoms with Gasteiger partial charge in [-0.1, -0.05) is 12.1 Å². The molecule has 0 radical (unpaired) electrons. The topological polar surface area (TPSA) is 30.5 Å². The van der Waals surface area contributed by atoms with Crippen LogP contribution in [0.25, 0.3) is 0 Å². The monoisotopic (exact) mass is 401 g/mol. The van der Waals surface area contributed by atoms with Crippen LogP contribution in [0.4, 0.5) is 13.2 Å². The van der Waals surface area contributed by atoms with Crippen molar-refractivity contribution < 1.29 is 22.6 Å². The van der Waals surface area contributed by atoms with Gasteiger partial charge < -0.3 is 14.8 Å². The molecule has 1 aliphatic heterocycles. The van der Waals surface area contributed by atoms with Crippen LogP contribution in [0.2, 0.25) is 0 Å². The minimum absolute atomic E-state index is 0. The van der Waals surface area contributed by atoms with Crippen LogP contribution in [0.5, 0.6) is 11.5 Å². The van der Waals surface area contributed by atoms with Crippen molar-refractivity contribution in [1.82, 2.24) is 5.32 Å². The van der Waals surface area contributed by atoms with E-state index in [1.54, 1.807) is 0 Å². The van der Waals surface area contributed by atoms with Gasteiger partial charge in [0.2, 0.25) is 0 Å². The highest BCUT2D eigenvalue weighted by molar-refractivity contribution is 5.85. The fourth-order valence-electron chi connectivity index (χ4n) is 3.26. The van der Waals surface area contributed by atoms with Crippen LogP contribution in [0.1, 0.15) is 42.1 Å². The largest absolute Gasteiger partial charge is 0.490 e. The van der Waals surface area contributed by atoms with Crippen molar-refractivity contribution in [2.45, 2.75) is 32.5 Å². The first-order valence-electron chi connectivity index (χ1n) is 8.77. The second kappa shape index (κ2) is 8.85. The summed E-state index contributed by atoms with van der Waals surface area (Å²) in [4.78, 5) is 0. The van der Waals surface area contributed by atoms with E-state index >= 15 is 0 Å². The average molecular weight is 402 g/mol. The molecule has 1 N–H and O–H groups in total. The minimum atomic E-state index is -4.33. The fourth-order valence-corrected chi connectivity index (χ4v) is 3.26. The predicted molar refractivity (Wildman–Crippen MR) is 101 cm³/mol. The van der Waals surface area contributed by atoms with Gasteiger partial charge in [0, 0.05) is 6.54 Å². The summed E-state index contributed by atoms with van der Waals surface area (Å²) < 4.78 is 49.8. The van der Waals surface area contributed by atoms with Gasteiger partial charge in [-0.15, -0.1) is 12.4 Å². The third kappa shape index (κ3) is 4.68. The molecular formula is C20H23ClF3NO2. The molecule has 0 aliphatic carbocycles. The summed E-state index contributed by atoms with van der Waals surface area (Å²) in [5, 5.41) is 3.39. The number of alkyl halides is 3. The lowest BCUT2D eigenvalue weighted by atomic mass is 9.89. The van der Waals surface area contributed by atoms with E-state index in [0.29, 0.717) is 24.7 Å². The van der Waals surface area contributed by atoms with Gasteiger partial charge in [0.15, 0.2) is 11.5 Å². The lowest BCUT2D eigenvalue weighted by Gasteiger charge is -2.29. The molecule has 1 heterocycles. The molecule has 3 rings (SSSR count). The number of halogens is 4. The van der Waals surface area contributed by atoms with Gasteiger partial charge in [-0.05, 0) is 61.2 Å². The van der Waals surface area contributed by atoms with E-state index in [1.165, 1.54) is 12.1 Å². The summed E-state index contributed by atoms with van der Waals surface area (Å²) in [5.41, 5.74) is 2.30. The van der Waals surface area contributed by atoms with Gasteiger partial charge in [-0.2, -0.15) is 13.2 Å². The molecule has 2 aromatic rings. The number of fused-ring (bicyclic) bond motifs is 1. The highest BCUT2D eigenvalue weighted by atomic mass is 35.5. The molecule has 0 saturated heterocycles. The van der Waals surface area contributed by atoms with E-state index in [2.05, 4.69) is 5.32 Å². The van der Waals surface area contributed by atoms with Crippen molar-refractivity contribution in [1.29, 1.82) is 0 Å². The average Bonchev–Trinajstić information content (AvgIpc) is 2.61. The second-order valence-corrected chi connectivity index (χ2v) is 6.12. The van der Waals surface area contributed by atoms with E-state index in [9.17, 15) is 13.2 Å². The lowest BCUT2D eigenvalue weighted by molar-refractivity contribution is -0.137. The third-order valence-electron chi connectivity index (χ3n) is 4.43. The van der Waals surface area contributed by atoms with Crippen molar-refractivity contribution >= 4 is 12.4 Å². The standard InChI is InChI=1S/C20H22F3NO2.ClH/c1-3-25-17-11-14-9-10-24-19(16(14)12-18(17)26-4-2)13-5-7-15(8-6-13)20(21,22)23;/h5-8,11-12,19,24H,3-4,9-10H2,1-2H3;1H. The Labute approximate surface area is 163 Å². The molecule has 1 atom stereocenters. The first-order valence-corrected chi connectivity index (χ1v) is 8.77. The normalized spacial score (nSPS) is 16.3. The van der Waals surface area contributed by atoms with Crippen LogP contribution < -0.4 is 14.8 Å². The maximum atomic E-state index is 12.8. The molecule has 3 nitrogen and oxygen atoms in total. The molecule has 1 unspecified atom stereocenters. The third-order valence-corrected chi connectivity index (χ3v) is 4.43. The van der Waals surface area contributed by atoms with Crippen molar-refractivity contribution in [2.75, 3.05) is 19.8 Å². The van der Waals surface area contributed by atoms with Gasteiger partial charge in [0.05, 0.1) is 24.8 Å². The van der Waals surface area contributed by atoms with Crippen LogP contribution in [0.15, 0.2) is 36.4 Å². The number of hydrogen-bond donors (Lipinski definition) is 1. The fraction of sp³-hybridized carbons (Fsp3) is 0.400. The number of rotatable bonds is 5. The van der Waals surface area contributed by atoms with Crippen LogP contribution in [-0.4, -0.2) is 19.8 Å². The van der Waals surface area contributed by atoms with Crippen molar-refractivity contribution in [3.05, 3.63) is 58.7 Å². The summed E-state index contributed by atoms with van der Waals surface area (Å²) in [5.74, 6) is 1.37. The van der Waals surface area contributed by atoms with E-state index in [0.717, 1.165) is 41.8 Å². The molecule has 27 heavy (non-hydrogen) atoms. The molecule has 0 bridgehead atoms. The summed E-state index contributed by atoms with van der Waals surface area (Å²) in [6.45, 7) is 5.62. The van der Waals surface area contributed by atoms with E-state index in [1.807, 2.05) is 26.0 Å². The zero-order chi connectivity index (χ0) is 18.7. The van der Waals surface area contributed by atoms with Crippen molar-refractivity contribution in [3.8, 4) is 11.5 Å². The van der Waals surface area contributed by atoms with Crippen molar-refractivity contribution in [3.63, 3.8) is 0 Å². The van der Waals surface area contributed by atoms with Gasteiger partial charge >= 0.3 is 6.18 Å². The maximum Gasteiger partial charge on any atom is 0.416 e. The SMILES string of the molecule is CCOc1cc2c(cc1OCC)C(c1ccc(C(F)(F)F)cc1)NCC2.Cl. The molecule has 0 amide bonds. The lowest BCUT2D eigenvalue weighted by Crippen LogP contribution is -2.30. The van der Waals surface area contributed by atoms with Crippen LogP contribution in [0, 0.1) is 0 Å². The molecule has 0 spiro atoms. The zero-order valence-electron chi connectivity index (χ0n) is 15.2. The van der Waals surface area contributed by atoms with E-state index in [4.69, 9.17) is 9.47 Å². The van der Waals surface area contributed by atoms with Crippen molar-refractivity contribution in [2.24, 2.45) is 0 Å². The minimum Gasteiger partial charge on any atom is -0.490 e. The van der Waals surface area contributed by atoms with Gasteiger partial charge in [-0.25, -0.2) is 0 Å². The zero-order valence-corrected chi connectivity index (χ0v) is 16.0. The Bertz CT molecular complexity index is 763. The van der Waals surface area contributed by atoms with Gasteiger partial charge in [-0.3, -0.25) is 0 Å². The molecule has 148 valence electrons. The quantitative estimate of drug-likeness (QED) is 0.750. The molecule has 7 heteroatoms. The Morgan fingerprint density at radius 3 is 2.15 bits per heavy atom. The van der Waals surface area contributed by atoms with Crippen LogP contribution >= 0.6 is 12.4 Å². The summed E-state index contributed by atoms with van der Waals surface area (Å²) in [7, 11) is 0. The van der Waals surface area contributed by atoms with Gasteiger partial charge in [0.1, 0.15) is 0 Å². The Hall–Kier alpha value is -1.92. The Morgan fingerprint density at radius 1 is 1.00 bits per heavy atom. The molecule has 2 aromatic carbocycles. The number of hydrogen-bond acceptors (Lipinski definition) is 3. The summed E-state index contributed by atoms with van der Waals surface area (Å²) in [6, 6.07) is 9.08. The molecule has 0 saturated carbocycles. The highest BCUT2D eigenvalue weighted by Crippen LogP contribution is 2.38. The Balaban J connectivity index is 0.00000261. The maximum absolute atomic E-state index is 12.8. The predicted octanol–water partition coefficient (Wildman–Crippen LogP) is 5.16. The van der Waals surface area contributed by atoms with Gasteiger partial charge in [0.25, 0.3) is 0 Å². The number of ether oxygens (including phenoxy) is 2. The highest BCUT2D eigenvalue weighted by Gasteiger charge is 2.31. The summed E-state index contributed by atoms with van der Waals surface area (Å²) in [6.07, 6.45) is -3.50. The number of benzene rings is 2. The number of nitrogens with one attached hydrogen (secondary N) is 1. The van der Waals surface area contributed by atoms with Crippen LogP contribution in [-0.2, 0) is 12.6 Å². The Kier molecular flexibility index (Phi) is 7.00. The smallest absolute Gasteiger partial charge is 0.416 e.